The number of hydrogen-bond acceptors (Lipinski definition) is 2. The van der Waals surface area contributed by atoms with Crippen LogP contribution in [0, 0.1) is 23.4 Å². The lowest BCUT2D eigenvalue weighted by Crippen LogP contribution is -2.06. The van der Waals surface area contributed by atoms with E-state index in [2.05, 4.69) is 10.3 Å². The average molecular weight is 282 g/mol. The third-order valence-corrected chi connectivity index (χ3v) is 2.97. The minimum Gasteiger partial charge on any atom is -0.385 e. The second kappa shape index (κ2) is 5.69. The molecular formula is C15H17F3N2. The molecule has 0 aliphatic carbocycles. The molecule has 0 aliphatic rings. The van der Waals surface area contributed by atoms with Crippen LogP contribution >= 0.6 is 0 Å². The van der Waals surface area contributed by atoms with Gasteiger partial charge in [-0.3, -0.25) is 0 Å². The topological polar surface area (TPSA) is 24.9 Å². The standard InChI is InChI=1S/C15H17F3N2/c1-4-19-12-6-9(5-8(2)3)20-15-11(17)7-10(16)14(18)13(12)15/h6-8H,4-5H2,1-3H3,(H,19,20). The lowest BCUT2D eigenvalue weighted by molar-refractivity contribution is 0.505. The number of fused-ring (bicyclic) bond motifs is 1. The molecule has 0 radical (unpaired) electrons. The highest BCUT2D eigenvalue weighted by atomic mass is 19.2. The van der Waals surface area contributed by atoms with Gasteiger partial charge in [0.25, 0.3) is 0 Å². The monoisotopic (exact) mass is 282 g/mol. The molecule has 0 saturated carbocycles. The Hall–Kier alpha value is -1.78. The maximum Gasteiger partial charge on any atom is 0.170 e. The van der Waals surface area contributed by atoms with Crippen LogP contribution in [0.2, 0.25) is 0 Å². The largest absolute Gasteiger partial charge is 0.385 e. The van der Waals surface area contributed by atoms with E-state index in [-0.39, 0.29) is 10.9 Å². The van der Waals surface area contributed by atoms with Crippen LogP contribution < -0.4 is 5.32 Å². The summed E-state index contributed by atoms with van der Waals surface area (Å²) in [6.07, 6.45) is 0.646. The molecule has 0 saturated heterocycles. The van der Waals surface area contributed by atoms with Gasteiger partial charge in [-0.15, -0.1) is 0 Å². The molecule has 108 valence electrons. The molecule has 0 amide bonds. The van der Waals surface area contributed by atoms with Crippen molar-refractivity contribution in [2.24, 2.45) is 5.92 Å². The van der Waals surface area contributed by atoms with Gasteiger partial charge in [0.05, 0.1) is 5.39 Å². The zero-order chi connectivity index (χ0) is 14.9. The van der Waals surface area contributed by atoms with Crippen LogP contribution in [0.15, 0.2) is 12.1 Å². The first-order chi connectivity index (χ1) is 9.43. The van der Waals surface area contributed by atoms with Crippen LogP contribution in [-0.2, 0) is 6.42 Å². The summed E-state index contributed by atoms with van der Waals surface area (Å²) in [6.45, 7) is 6.39. The van der Waals surface area contributed by atoms with Crippen molar-refractivity contribution in [2.45, 2.75) is 27.2 Å². The van der Waals surface area contributed by atoms with E-state index in [4.69, 9.17) is 0 Å². The van der Waals surface area contributed by atoms with Crippen molar-refractivity contribution in [1.29, 1.82) is 0 Å². The molecular weight excluding hydrogens is 265 g/mol. The lowest BCUT2D eigenvalue weighted by Gasteiger charge is -2.13. The molecule has 1 aromatic heterocycles. The fourth-order valence-corrected chi connectivity index (χ4v) is 2.21. The number of aromatic nitrogens is 1. The van der Waals surface area contributed by atoms with Crippen molar-refractivity contribution in [3.63, 3.8) is 0 Å². The van der Waals surface area contributed by atoms with Gasteiger partial charge < -0.3 is 5.32 Å². The second-order valence-corrected chi connectivity index (χ2v) is 5.17. The maximum atomic E-state index is 13.9. The van der Waals surface area contributed by atoms with Crippen molar-refractivity contribution in [3.05, 3.63) is 35.3 Å². The first-order valence-electron chi connectivity index (χ1n) is 6.65. The highest BCUT2D eigenvalue weighted by Crippen LogP contribution is 2.30. The Morgan fingerprint density at radius 1 is 1.15 bits per heavy atom. The van der Waals surface area contributed by atoms with Crippen molar-refractivity contribution < 1.29 is 13.2 Å². The summed E-state index contributed by atoms with van der Waals surface area (Å²) >= 11 is 0. The summed E-state index contributed by atoms with van der Waals surface area (Å²) in [5.41, 5.74) is 0.912. The normalized spacial score (nSPS) is 11.3. The van der Waals surface area contributed by atoms with Crippen molar-refractivity contribution in [3.8, 4) is 0 Å². The van der Waals surface area contributed by atoms with Crippen molar-refractivity contribution in [1.82, 2.24) is 4.98 Å². The van der Waals surface area contributed by atoms with Gasteiger partial charge in [0.1, 0.15) is 5.52 Å². The summed E-state index contributed by atoms with van der Waals surface area (Å²) in [6, 6.07) is 2.20. The molecule has 0 atom stereocenters. The smallest absolute Gasteiger partial charge is 0.170 e. The Balaban J connectivity index is 2.74. The predicted octanol–water partition coefficient (Wildman–Crippen LogP) is 4.28. The van der Waals surface area contributed by atoms with Gasteiger partial charge in [0.2, 0.25) is 0 Å². The van der Waals surface area contributed by atoms with Gasteiger partial charge in [-0.05, 0) is 25.3 Å². The molecule has 0 fully saturated rings. The van der Waals surface area contributed by atoms with Crippen LogP contribution in [0.25, 0.3) is 10.9 Å². The Kier molecular flexibility index (Phi) is 4.16. The van der Waals surface area contributed by atoms with E-state index in [1.54, 1.807) is 6.07 Å². The molecule has 5 heteroatoms. The summed E-state index contributed by atoms with van der Waals surface area (Å²) in [5, 5.41) is 2.82. The Bertz CT molecular complexity index is 639. The SMILES string of the molecule is CCNc1cc(CC(C)C)nc2c(F)cc(F)c(F)c12. The number of halogens is 3. The zero-order valence-corrected chi connectivity index (χ0v) is 11.7. The summed E-state index contributed by atoms with van der Waals surface area (Å²) < 4.78 is 41.2. The Labute approximate surface area is 116 Å². The van der Waals surface area contributed by atoms with Gasteiger partial charge in [-0.25, -0.2) is 18.2 Å². The van der Waals surface area contributed by atoms with Gasteiger partial charge in [0, 0.05) is 24.0 Å². The number of nitrogens with one attached hydrogen (secondary N) is 1. The maximum absolute atomic E-state index is 13.9. The minimum absolute atomic E-state index is 0.127. The first-order valence-corrected chi connectivity index (χ1v) is 6.65. The fourth-order valence-electron chi connectivity index (χ4n) is 2.21. The van der Waals surface area contributed by atoms with Gasteiger partial charge in [0.15, 0.2) is 17.5 Å². The molecule has 0 spiro atoms. The van der Waals surface area contributed by atoms with Crippen LogP contribution in [0.3, 0.4) is 0 Å². The summed E-state index contributed by atoms with van der Waals surface area (Å²) in [4.78, 5) is 4.14. The molecule has 1 N–H and O–H groups in total. The molecule has 2 rings (SSSR count). The number of rotatable bonds is 4. The van der Waals surface area contributed by atoms with E-state index in [0.717, 1.165) is 0 Å². The van der Waals surface area contributed by atoms with Crippen molar-refractivity contribution in [2.75, 3.05) is 11.9 Å². The molecule has 0 bridgehead atoms. The lowest BCUT2D eigenvalue weighted by atomic mass is 10.0. The van der Waals surface area contributed by atoms with E-state index >= 15 is 0 Å². The third-order valence-electron chi connectivity index (χ3n) is 2.97. The zero-order valence-electron chi connectivity index (χ0n) is 11.7. The number of hydrogen-bond donors (Lipinski definition) is 1. The minimum atomic E-state index is -1.20. The molecule has 2 aromatic rings. The van der Waals surface area contributed by atoms with Crippen LogP contribution in [0.5, 0.6) is 0 Å². The van der Waals surface area contributed by atoms with Crippen molar-refractivity contribution >= 4 is 16.6 Å². The number of pyridine rings is 1. The van der Waals surface area contributed by atoms with E-state index in [0.29, 0.717) is 36.3 Å². The molecule has 0 unspecified atom stereocenters. The van der Waals surface area contributed by atoms with E-state index in [1.165, 1.54) is 0 Å². The summed E-state index contributed by atoms with van der Waals surface area (Å²) in [5.74, 6) is -2.78. The van der Waals surface area contributed by atoms with Crippen LogP contribution in [0.4, 0.5) is 18.9 Å². The number of anilines is 1. The summed E-state index contributed by atoms with van der Waals surface area (Å²) in [7, 11) is 0. The quantitative estimate of drug-likeness (QED) is 0.846. The number of benzene rings is 1. The molecule has 1 aromatic carbocycles. The number of nitrogens with zero attached hydrogens (tertiary/aromatic N) is 1. The predicted molar refractivity (Wildman–Crippen MR) is 74.3 cm³/mol. The van der Waals surface area contributed by atoms with Gasteiger partial charge >= 0.3 is 0 Å². The third kappa shape index (κ3) is 2.71. The molecule has 20 heavy (non-hydrogen) atoms. The van der Waals surface area contributed by atoms with Gasteiger partial charge in [-0.1, -0.05) is 13.8 Å². The Morgan fingerprint density at radius 2 is 1.85 bits per heavy atom. The molecule has 0 aliphatic heterocycles. The van der Waals surface area contributed by atoms with E-state index < -0.39 is 17.5 Å². The van der Waals surface area contributed by atoms with Crippen LogP contribution in [-0.4, -0.2) is 11.5 Å². The second-order valence-electron chi connectivity index (χ2n) is 5.17. The Morgan fingerprint density at radius 3 is 2.45 bits per heavy atom. The van der Waals surface area contributed by atoms with E-state index in [9.17, 15) is 13.2 Å². The van der Waals surface area contributed by atoms with E-state index in [1.807, 2.05) is 20.8 Å². The molecule has 1 heterocycles. The fraction of sp³-hybridized carbons (Fsp3) is 0.400. The molecule has 2 nitrogen and oxygen atoms in total. The highest BCUT2D eigenvalue weighted by Gasteiger charge is 2.18. The first kappa shape index (κ1) is 14.6. The van der Waals surface area contributed by atoms with Crippen LogP contribution in [0.1, 0.15) is 26.5 Å². The average Bonchev–Trinajstić information content (AvgIpc) is 2.35. The van der Waals surface area contributed by atoms with Gasteiger partial charge in [-0.2, -0.15) is 0 Å². The highest BCUT2D eigenvalue weighted by molar-refractivity contribution is 5.92.